The summed E-state index contributed by atoms with van der Waals surface area (Å²) in [5.41, 5.74) is 2.26. The highest BCUT2D eigenvalue weighted by Gasteiger charge is 2.13. The summed E-state index contributed by atoms with van der Waals surface area (Å²) < 4.78 is 18.0. The third-order valence-electron chi connectivity index (χ3n) is 2.71. The minimum absolute atomic E-state index is 0.00752. The predicted molar refractivity (Wildman–Crippen MR) is 77.1 cm³/mol. The molecular weight excluding hydrogens is 295 g/mol. The first-order valence-corrected chi connectivity index (χ1v) is 7.19. The van der Waals surface area contributed by atoms with E-state index >= 15 is 0 Å². The van der Waals surface area contributed by atoms with Crippen LogP contribution in [-0.4, -0.2) is 35.3 Å². The second-order valence-corrected chi connectivity index (χ2v) is 5.25. The average Bonchev–Trinajstić information content (AvgIpc) is 2.90. The zero-order chi connectivity index (χ0) is 15.2. The number of aromatic nitrogens is 1. The Hall–Kier alpha value is -1.99. The van der Waals surface area contributed by atoms with E-state index in [4.69, 9.17) is 4.74 Å². The van der Waals surface area contributed by atoms with Gasteiger partial charge in [-0.3, -0.25) is 4.79 Å². The van der Waals surface area contributed by atoms with Crippen LogP contribution in [0.1, 0.15) is 15.4 Å². The molecule has 1 atom stereocenters. The number of nitrogens with zero attached hydrogens (tertiary/aromatic N) is 1. The van der Waals surface area contributed by atoms with E-state index in [1.54, 1.807) is 12.4 Å². The quantitative estimate of drug-likeness (QED) is 0.853. The number of aliphatic hydroxyl groups is 1. The summed E-state index contributed by atoms with van der Waals surface area (Å²) in [7, 11) is 0. The van der Waals surface area contributed by atoms with Crippen LogP contribution in [0.3, 0.4) is 0 Å². The molecule has 0 aliphatic heterocycles. The molecule has 7 heteroatoms. The second kappa shape index (κ2) is 7.14. The van der Waals surface area contributed by atoms with Crippen molar-refractivity contribution < 1.29 is 19.0 Å². The van der Waals surface area contributed by atoms with Crippen molar-refractivity contribution in [2.75, 3.05) is 13.2 Å². The Morgan fingerprint density at radius 3 is 2.81 bits per heavy atom. The normalized spacial score (nSPS) is 12.0. The number of rotatable bonds is 6. The lowest BCUT2D eigenvalue weighted by molar-refractivity contribution is 0.0846. The van der Waals surface area contributed by atoms with Gasteiger partial charge < -0.3 is 15.2 Å². The number of carbonyl (C=O) groups is 1. The Bertz CT molecular complexity index is 601. The molecule has 0 spiro atoms. The number of hydrogen-bond donors (Lipinski definition) is 2. The smallest absolute Gasteiger partial charge is 0.263 e. The Morgan fingerprint density at radius 1 is 1.48 bits per heavy atom. The highest BCUT2D eigenvalue weighted by molar-refractivity contribution is 7.11. The minimum Gasteiger partial charge on any atom is -0.491 e. The van der Waals surface area contributed by atoms with Crippen molar-refractivity contribution in [3.05, 3.63) is 46.2 Å². The number of benzene rings is 1. The van der Waals surface area contributed by atoms with Gasteiger partial charge in [-0.15, -0.1) is 11.3 Å². The van der Waals surface area contributed by atoms with E-state index in [2.05, 4.69) is 10.3 Å². The third-order valence-corrected chi connectivity index (χ3v) is 3.63. The fourth-order valence-corrected chi connectivity index (χ4v) is 2.31. The topological polar surface area (TPSA) is 71.5 Å². The van der Waals surface area contributed by atoms with Gasteiger partial charge in [0.25, 0.3) is 5.91 Å². The van der Waals surface area contributed by atoms with Crippen molar-refractivity contribution >= 4 is 17.2 Å². The van der Waals surface area contributed by atoms with Gasteiger partial charge in [0.2, 0.25) is 0 Å². The van der Waals surface area contributed by atoms with Crippen LogP contribution in [-0.2, 0) is 0 Å². The van der Waals surface area contributed by atoms with Gasteiger partial charge in [-0.05, 0) is 31.2 Å². The lowest BCUT2D eigenvalue weighted by Gasteiger charge is -2.13. The van der Waals surface area contributed by atoms with Crippen LogP contribution in [0, 0.1) is 12.7 Å². The Labute approximate surface area is 125 Å². The fraction of sp³-hybridized carbons (Fsp3) is 0.286. The van der Waals surface area contributed by atoms with Gasteiger partial charge in [-0.25, -0.2) is 9.37 Å². The van der Waals surface area contributed by atoms with Crippen molar-refractivity contribution in [3.8, 4) is 5.75 Å². The summed E-state index contributed by atoms with van der Waals surface area (Å²) in [4.78, 5) is 16.3. The number of hydrogen-bond acceptors (Lipinski definition) is 5. The molecule has 0 aliphatic rings. The summed E-state index contributed by atoms with van der Waals surface area (Å²) in [6.07, 6.45) is -0.854. The molecule has 21 heavy (non-hydrogen) atoms. The summed E-state index contributed by atoms with van der Waals surface area (Å²) in [6.45, 7) is 1.82. The number of aliphatic hydroxyl groups excluding tert-OH is 1. The van der Waals surface area contributed by atoms with E-state index in [-0.39, 0.29) is 24.9 Å². The lowest BCUT2D eigenvalue weighted by atomic mass is 10.3. The molecule has 1 aromatic carbocycles. The SMILES string of the molecule is Cc1ncsc1C(=O)NCC(O)COc1ccc(F)cc1. The molecule has 0 fully saturated rings. The van der Waals surface area contributed by atoms with Crippen LogP contribution in [0.25, 0.3) is 0 Å². The molecule has 1 heterocycles. The van der Waals surface area contributed by atoms with Crippen LogP contribution in [0.15, 0.2) is 29.8 Å². The molecule has 2 aromatic rings. The fourth-order valence-electron chi connectivity index (χ4n) is 1.59. The first-order chi connectivity index (χ1) is 10.1. The van der Waals surface area contributed by atoms with Crippen molar-refractivity contribution in [2.24, 2.45) is 0 Å². The van der Waals surface area contributed by atoms with Crippen LogP contribution in [0.2, 0.25) is 0 Å². The summed E-state index contributed by atoms with van der Waals surface area (Å²) in [5, 5.41) is 12.4. The molecule has 1 amide bonds. The van der Waals surface area contributed by atoms with Gasteiger partial charge in [-0.2, -0.15) is 0 Å². The van der Waals surface area contributed by atoms with Gasteiger partial charge in [0.15, 0.2) is 0 Å². The maximum absolute atomic E-state index is 12.7. The standard InChI is InChI=1S/C14H15FN2O3S/c1-9-13(21-8-17-9)14(19)16-6-11(18)7-20-12-4-2-10(15)3-5-12/h2-5,8,11,18H,6-7H2,1H3,(H,16,19). The molecule has 5 nitrogen and oxygen atoms in total. The molecule has 2 N–H and O–H groups in total. The summed E-state index contributed by atoms with van der Waals surface area (Å²) in [5.74, 6) is -0.161. The van der Waals surface area contributed by atoms with Gasteiger partial charge in [0.1, 0.15) is 29.2 Å². The molecule has 112 valence electrons. The number of thiazole rings is 1. The lowest BCUT2D eigenvalue weighted by Crippen LogP contribution is -2.35. The average molecular weight is 310 g/mol. The number of carbonyl (C=O) groups excluding carboxylic acids is 1. The Kier molecular flexibility index (Phi) is 5.24. The molecule has 1 aromatic heterocycles. The summed E-state index contributed by atoms with van der Waals surface area (Å²) in [6, 6.07) is 5.49. The zero-order valence-corrected chi connectivity index (χ0v) is 12.2. The Morgan fingerprint density at radius 2 is 2.19 bits per heavy atom. The van der Waals surface area contributed by atoms with Gasteiger partial charge in [0, 0.05) is 6.54 Å². The number of ether oxygens (including phenoxy) is 1. The number of nitrogens with one attached hydrogen (secondary N) is 1. The minimum atomic E-state index is -0.854. The third kappa shape index (κ3) is 4.51. The molecule has 0 saturated carbocycles. The van der Waals surface area contributed by atoms with Crippen molar-refractivity contribution in [2.45, 2.75) is 13.0 Å². The number of aryl methyl sites for hydroxylation is 1. The van der Waals surface area contributed by atoms with E-state index in [0.717, 1.165) is 0 Å². The maximum Gasteiger partial charge on any atom is 0.263 e. The molecule has 0 bridgehead atoms. The molecule has 0 radical (unpaired) electrons. The van der Waals surface area contributed by atoms with Crippen LogP contribution < -0.4 is 10.1 Å². The summed E-state index contributed by atoms with van der Waals surface area (Å²) >= 11 is 1.25. The first kappa shape index (κ1) is 15.4. The largest absolute Gasteiger partial charge is 0.491 e. The van der Waals surface area contributed by atoms with Crippen LogP contribution in [0.5, 0.6) is 5.75 Å². The first-order valence-electron chi connectivity index (χ1n) is 6.31. The van der Waals surface area contributed by atoms with E-state index in [1.165, 1.54) is 35.6 Å². The monoisotopic (exact) mass is 310 g/mol. The molecule has 0 saturated heterocycles. The maximum atomic E-state index is 12.7. The Balaban J connectivity index is 1.75. The van der Waals surface area contributed by atoms with Gasteiger partial charge in [-0.1, -0.05) is 0 Å². The van der Waals surface area contributed by atoms with E-state index in [1.807, 2.05) is 0 Å². The van der Waals surface area contributed by atoms with Crippen molar-refractivity contribution in [1.82, 2.24) is 10.3 Å². The van der Waals surface area contributed by atoms with E-state index < -0.39 is 6.10 Å². The second-order valence-electron chi connectivity index (χ2n) is 4.40. The van der Waals surface area contributed by atoms with Crippen LogP contribution >= 0.6 is 11.3 Å². The zero-order valence-electron chi connectivity index (χ0n) is 11.4. The number of amides is 1. The van der Waals surface area contributed by atoms with Crippen molar-refractivity contribution in [3.63, 3.8) is 0 Å². The molecular formula is C14H15FN2O3S. The predicted octanol–water partition coefficient (Wildman–Crippen LogP) is 1.76. The highest BCUT2D eigenvalue weighted by Crippen LogP contribution is 2.12. The molecule has 0 aliphatic carbocycles. The van der Waals surface area contributed by atoms with Gasteiger partial charge in [0.05, 0.1) is 11.2 Å². The van der Waals surface area contributed by atoms with Crippen LogP contribution in [0.4, 0.5) is 4.39 Å². The number of halogens is 1. The molecule has 2 rings (SSSR count). The molecule has 1 unspecified atom stereocenters. The van der Waals surface area contributed by atoms with E-state index in [9.17, 15) is 14.3 Å². The highest BCUT2D eigenvalue weighted by atomic mass is 32.1. The van der Waals surface area contributed by atoms with Crippen molar-refractivity contribution in [1.29, 1.82) is 0 Å². The van der Waals surface area contributed by atoms with E-state index in [0.29, 0.717) is 16.3 Å². The van der Waals surface area contributed by atoms with Gasteiger partial charge >= 0.3 is 0 Å².